The van der Waals surface area contributed by atoms with Crippen molar-refractivity contribution in [3.8, 4) is 0 Å². The van der Waals surface area contributed by atoms with E-state index in [-0.39, 0.29) is 5.84 Å². The van der Waals surface area contributed by atoms with E-state index in [4.69, 9.17) is 16.1 Å². The summed E-state index contributed by atoms with van der Waals surface area (Å²) in [5.41, 5.74) is 9.23. The van der Waals surface area contributed by atoms with Crippen molar-refractivity contribution in [1.29, 1.82) is 5.41 Å². The lowest BCUT2D eigenvalue weighted by atomic mass is 9.91. The van der Waals surface area contributed by atoms with E-state index in [0.717, 1.165) is 29.3 Å². The van der Waals surface area contributed by atoms with Gasteiger partial charge in [-0.05, 0) is 56.1 Å². The Morgan fingerprint density at radius 3 is 2.86 bits per heavy atom. The molecule has 21 heavy (non-hydrogen) atoms. The number of fused-ring (bicyclic) bond motifs is 1. The number of nitrogens with one attached hydrogen (secondary N) is 1. The first-order valence-electron chi connectivity index (χ1n) is 8.17. The molecular weight excluding hydrogens is 278 g/mol. The van der Waals surface area contributed by atoms with Crippen LogP contribution in [-0.2, 0) is 12.8 Å². The number of rotatable bonds is 3. The Labute approximate surface area is 131 Å². The Morgan fingerprint density at radius 2 is 2.10 bits per heavy atom. The molecule has 2 aliphatic carbocycles. The van der Waals surface area contributed by atoms with Gasteiger partial charge < -0.3 is 5.73 Å². The van der Waals surface area contributed by atoms with Crippen LogP contribution in [0.25, 0.3) is 0 Å². The average Bonchev–Trinajstić information content (AvgIpc) is 2.46. The molecule has 1 aromatic rings. The first-order valence-corrected chi connectivity index (χ1v) is 9.05. The fourth-order valence-electron chi connectivity index (χ4n) is 3.54. The molecule has 0 aliphatic heterocycles. The number of thioether (sulfide) groups is 1. The van der Waals surface area contributed by atoms with E-state index in [0.29, 0.717) is 5.25 Å². The molecule has 1 heterocycles. The molecule has 0 bridgehead atoms. The number of aromatic nitrogens is 1. The predicted octanol–water partition coefficient (Wildman–Crippen LogP) is 3.92. The second-order valence-electron chi connectivity index (χ2n) is 6.58. The van der Waals surface area contributed by atoms with Gasteiger partial charge in [0.2, 0.25) is 0 Å². The van der Waals surface area contributed by atoms with Crippen LogP contribution in [0.15, 0.2) is 11.1 Å². The van der Waals surface area contributed by atoms with Crippen LogP contribution in [0.5, 0.6) is 0 Å². The summed E-state index contributed by atoms with van der Waals surface area (Å²) in [4.78, 5) is 4.90. The summed E-state index contributed by atoms with van der Waals surface area (Å²) >= 11 is 1.86. The maximum Gasteiger partial charge on any atom is 0.125 e. The van der Waals surface area contributed by atoms with Crippen LogP contribution in [0.3, 0.4) is 0 Å². The van der Waals surface area contributed by atoms with Gasteiger partial charge in [0.25, 0.3) is 0 Å². The van der Waals surface area contributed by atoms with Gasteiger partial charge in [0, 0.05) is 16.5 Å². The Kier molecular flexibility index (Phi) is 4.53. The summed E-state index contributed by atoms with van der Waals surface area (Å²) in [5, 5.41) is 9.52. The highest BCUT2D eigenvalue weighted by atomic mass is 32.2. The van der Waals surface area contributed by atoms with Gasteiger partial charge in [0.1, 0.15) is 10.9 Å². The summed E-state index contributed by atoms with van der Waals surface area (Å²) in [6, 6.07) is 2.14. The number of aryl methyl sites for hydroxylation is 2. The summed E-state index contributed by atoms with van der Waals surface area (Å²) < 4.78 is 0. The second-order valence-corrected chi connectivity index (χ2v) is 7.87. The molecule has 1 fully saturated rings. The normalized spacial score (nSPS) is 25.4. The summed E-state index contributed by atoms with van der Waals surface area (Å²) in [6.45, 7) is 2.35. The smallest absolute Gasteiger partial charge is 0.125 e. The fourth-order valence-corrected chi connectivity index (χ4v) is 5.02. The number of nitrogens with zero attached hydrogens (tertiary/aromatic N) is 1. The number of hydrogen-bond acceptors (Lipinski definition) is 3. The lowest BCUT2D eigenvalue weighted by molar-refractivity contribution is 0.394. The highest BCUT2D eigenvalue weighted by Gasteiger charge is 2.23. The molecule has 1 aromatic heterocycles. The number of amidine groups is 1. The monoisotopic (exact) mass is 303 g/mol. The van der Waals surface area contributed by atoms with Crippen molar-refractivity contribution in [3.63, 3.8) is 0 Å². The van der Waals surface area contributed by atoms with Crippen molar-refractivity contribution in [3.05, 3.63) is 22.9 Å². The number of nitrogen functional groups attached to an aromatic ring is 1. The summed E-state index contributed by atoms with van der Waals surface area (Å²) in [7, 11) is 0. The molecular formula is C17H25N3S. The zero-order chi connectivity index (χ0) is 14.8. The Bertz CT molecular complexity index is 541. The van der Waals surface area contributed by atoms with E-state index < -0.39 is 0 Å². The summed E-state index contributed by atoms with van der Waals surface area (Å²) in [6.07, 6.45) is 9.86. The number of pyridine rings is 1. The molecule has 0 amide bonds. The van der Waals surface area contributed by atoms with Gasteiger partial charge in [-0.25, -0.2) is 4.98 Å². The largest absolute Gasteiger partial charge is 0.384 e. The highest BCUT2D eigenvalue weighted by molar-refractivity contribution is 7.99. The summed E-state index contributed by atoms with van der Waals surface area (Å²) in [5.74, 6) is 0.983. The minimum Gasteiger partial charge on any atom is -0.384 e. The maximum atomic E-state index is 7.87. The molecule has 0 saturated heterocycles. The van der Waals surface area contributed by atoms with E-state index in [9.17, 15) is 0 Å². The van der Waals surface area contributed by atoms with Gasteiger partial charge in [-0.3, -0.25) is 5.41 Å². The SMILES string of the molecule is CC1CCCC(Sc2nc3c(cc2C(=N)N)CCCC3)C1. The first-order chi connectivity index (χ1) is 10.1. The molecule has 4 heteroatoms. The van der Waals surface area contributed by atoms with Crippen molar-refractivity contribution in [2.45, 2.75) is 68.6 Å². The molecule has 3 N–H and O–H groups in total. The van der Waals surface area contributed by atoms with Crippen LogP contribution >= 0.6 is 11.8 Å². The van der Waals surface area contributed by atoms with E-state index in [1.807, 2.05) is 11.8 Å². The highest BCUT2D eigenvalue weighted by Crippen LogP contribution is 2.37. The standard InChI is InChI=1S/C17H25N3S/c1-11-5-4-7-13(9-11)21-17-14(16(18)19)10-12-6-2-3-8-15(12)20-17/h10-11,13H,2-9H2,1H3,(H3,18,19). The van der Waals surface area contributed by atoms with Gasteiger partial charge in [-0.1, -0.05) is 19.8 Å². The molecule has 1 saturated carbocycles. The maximum absolute atomic E-state index is 7.87. The lowest BCUT2D eigenvalue weighted by Crippen LogP contribution is -2.19. The molecule has 0 spiro atoms. The topological polar surface area (TPSA) is 62.8 Å². The van der Waals surface area contributed by atoms with E-state index >= 15 is 0 Å². The van der Waals surface area contributed by atoms with Crippen LogP contribution in [0.2, 0.25) is 0 Å². The van der Waals surface area contributed by atoms with Crippen LogP contribution < -0.4 is 5.73 Å². The van der Waals surface area contributed by atoms with Crippen LogP contribution in [-0.4, -0.2) is 16.1 Å². The minimum atomic E-state index is 0.169. The third-order valence-corrected chi connectivity index (χ3v) is 6.02. The molecule has 0 aromatic carbocycles. The molecule has 0 radical (unpaired) electrons. The Hall–Kier alpha value is -1.03. The quantitative estimate of drug-likeness (QED) is 0.657. The van der Waals surface area contributed by atoms with Crippen molar-refractivity contribution in [1.82, 2.24) is 4.98 Å². The molecule has 2 unspecified atom stereocenters. The van der Waals surface area contributed by atoms with Gasteiger partial charge in [-0.2, -0.15) is 0 Å². The van der Waals surface area contributed by atoms with Gasteiger partial charge in [0.15, 0.2) is 0 Å². The second kappa shape index (κ2) is 6.39. The van der Waals surface area contributed by atoms with Crippen molar-refractivity contribution in [2.75, 3.05) is 0 Å². The Morgan fingerprint density at radius 1 is 1.29 bits per heavy atom. The van der Waals surface area contributed by atoms with Crippen molar-refractivity contribution in [2.24, 2.45) is 11.7 Å². The van der Waals surface area contributed by atoms with Crippen LogP contribution in [0.4, 0.5) is 0 Å². The first kappa shape index (κ1) is 14.9. The fraction of sp³-hybridized carbons (Fsp3) is 0.647. The molecule has 2 aliphatic rings. The van der Waals surface area contributed by atoms with Crippen molar-refractivity contribution >= 4 is 17.6 Å². The molecule has 3 nitrogen and oxygen atoms in total. The Balaban J connectivity index is 1.87. The van der Waals surface area contributed by atoms with E-state index in [2.05, 4.69) is 13.0 Å². The minimum absolute atomic E-state index is 0.169. The van der Waals surface area contributed by atoms with Gasteiger partial charge in [0.05, 0.1) is 0 Å². The third kappa shape index (κ3) is 3.42. The zero-order valence-electron chi connectivity index (χ0n) is 12.8. The average molecular weight is 303 g/mol. The third-order valence-electron chi connectivity index (χ3n) is 4.72. The molecule has 2 atom stereocenters. The van der Waals surface area contributed by atoms with Crippen LogP contribution in [0, 0.1) is 11.3 Å². The number of nitrogens with two attached hydrogens (primary N) is 1. The van der Waals surface area contributed by atoms with E-state index in [1.54, 1.807) is 0 Å². The number of hydrogen-bond donors (Lipinski definition) is 2. The van der Waals surface area contributed by atoms with E-state index in [1.165, 1.54) is 49.8 Å². The molecule has 3 rings (SSSR count). The van der Waals surface area contributed by atoms with Gasteiger partial charge in [-0.15, -0.1) is 11.8 Å². The molecule has 114 valence electrons. The predicted molar refractivity (Wildman–Crippen MR) is 89.2 cm³/mol. The zero-order valence-corrected chi connectivity index (χ0v) is 13.6. The van der Waals surface area contributed by atoms with Crippen LogP contribution in [0.1, 0.15) is 62.3 Å². The lowest BCUT2D eigenvalue weighted by Gasteiger charge is -2.27. The van der Waals surface area contributed by atoms with Crippen molar-refractivity contribution < 1.29 is 0 Å². The van der Waals surface area contributed by atoms with Gasteiger partial charge >= 0.3 is 0 Å².